The molecular weight excluding hydrogens is 584 g/mol. The first kappa shape index (κ1) is 36.7. The number of nitrogens with one attached hydrogen (secondary N) is 4. The van der Waals surface area contributed by atoms with Crippen molar-refractivity contribution in [2.45, 2.75) is 111 Å². The largest absolute Gasteiger partial charge is 0.361 e. The molecule has 1 saturated heterocycles. The van der Waals surface area contributed by atoms with E-state index >= 15 is 0 Å². The number of ether oxygens (including phenoxy) is 1. The molecule has 1 heterocycles. The molecule has 252 valence electrons. The second kappa shape index (κ2) is 16.2. The Kier molecular flexibility index (Phi) is 12.9. The first-order valence-corrected chi connectivity index (χ1v) is 16.4. The summed E-state index contributed by atoms with van der Waals surface area (Å²) in [6.45, 7) is 15.1. The molecule has 1 aliphatic rings. The van der Waals surface area contributed by atoms with Gasteiger partial charge in [-0.15, -0.1) is 0 Å². The van der Waals surface area contributed by atoms with E-state index in [2.05, 4.69) is 21.3 Å². The van der Waals surface area contributed by atoms with Gasteiger partial charge in [0.05, 0.1) is 12.6 Å². The summed E-state index contributed by atoms with van der Waals surface area (Å²) < 4.78 is 5.38. The van der Waals surface area contributed by atoms with E-state index in [0.717, 1.165) is 16.3 Å². The van der Waals surface area contributed by atoms with E-state index in [1.54, 1.807) is 6.92 Å². The van der Waals surface area contributed by atoms with E-state index in [0.29, 0.717) is 25.9 Å². The SMILES string of the molecule is CC(=O)N[C@@H](CC(C)C)C(=O)N[C@@H](Cc1cccc2ccccc12)C(=O)N[C@@H](CC(C)C)C(=O)N[C@@H](CC(C)C)C(=O)C1(C)CO1. The standard InChI is InChI=1S/C36H52N4O6/c1-21(2)16-28(32(42)36(8)20-46-36)38-34(44)30(18-23(5)6)39-35(45)31(40-33(43)29(17-22(3)4)37-24(7)41)19-26-14-11-13-25-12-9-10-15-27(25)26/h9-15,21-23,28-31H,16-20H2,1-8H3,(H,37,41)(H,38,44)(H,39,45)(H,40,43)/t28-,29-,30-,31-,36?/m0/s1. The van der Waals surface area contributed by atoms with Crippen molar-refractivity contribution in [3.63, 3.8) is 0 Å². The summed E-state index contributed by atoms with van der Waals surface area (Å²) >= 11 is 0. The highest BCUT2D eigenvalue weighted by atomic mass is 16.6. The molecule has 2 aromatic rings. The van der Waals surface area contributed by atoms with Crippen LogP contribution in [-0.2, 0) is 35.1 Å². The monoisotopic (exact) mass is 636 g/mol. The number of Topliss-reactive ketones (excluding diaryl/α,β-unsaturated/α-hetero) is 1. The predicted octanol–water partition coefficient (Wildman–Crippen LogP) is 3.84. The van der Waals surface area contributed by atoms with Gasteiger partial charge in [0.15, 0.2) is 5.78 Å². The molecule has 4 N–H and O–H groups in total. The van der Waals surface area contributed by atoms with Crippen molar-refractivity contribution in [2.75, 3.05) is 6.61 Å². The van der Waals surface area contributed by atoms with Crippen LogP contribution in [0.4, 0.5) is 0 Å². The minimum Gasteiger partial charge on any atom is -0.361 e. The number of rotatable bonds is 17. The van der Waals surface area contributed by atoms with Crippen LogP contribution in [0.2, 0.25) is 0 Å². The van der Waals surface area contributed by atoms with Crippen molar-refractivity contribution in [2.24, 2.45) is 17.8 Å². The highest BCUT2D eigenvalue weighted by molar-refractivity contribution is 5.99. The summed E-state index contributed by atoms with van der Waals surface area (Å²) in [5.41, 5.74) is -0.0543. The highest BCUT2D eigenvalue weighted by Gasteiger charge is 2.50. The van der Waals surface area contributed by atoms with Gasteiger partial charge in [0, 0.05) is 13.3 Å². The number of amides is 4. The average molecular weight is 637 g/mol. The van der Waals surface area contributed by atoms with E-state index in [1.807, 2.05) is 84.0 Å². The zero-order valence-electron chi connectivity index (χ0n) is 28.6. The number of fused-ring (bicyclic) bond motifs is 1. The minimum absolute atomic E-state index is 0.0425. The van der Waals surface area contributed by atoms with Gasteiger partial charge in [-0.2, -0.15) is 0 Å². The Labute approximate surface area is 273 Å². The topological polar surface area (TPSA) is 146 Å². The van der Waals surface area contributed by atoms with Gasteiger partial charge in [0.2, 0.25) is 23.6 Å². The van der Waals surface area contributed by atoms with E-state index in [4.69, 9.17) is 4.74 Å². The van der Waals surface area contributed by atoms with Gasteiger partial charge in [0.1, 0.15) is 23.7 Å². The van der Waals surface area contributed by atoms with Crippen LogP contribution in [-0.4, -0.2) is 65.8 Å². The quantitative estimate of drug-likeness (QED) is 0.194. The van der Waals surface area contributed by atoms with E-state index in [-0.39, 0.29) is 35.9 Å². The van der Waals surface area contributed by atoms with E-state index in [1.165, 1.54) is 6.92 Å². The fraction of sp³-hybridized carbons (Fsp3) is 0.583. The van der Waals surface area contributed by atoms with Crippen LogP contribution in [0.15, 0.2) is 42.5 Å². The Bertz CT molecular complexity index is 1390. The van der Waals surface area contributed by atoms with Gasteiger partial charge in [-0.05, 0) is 60.3 Å². The molecule has 10 nitrogen and oxygen atoms in total. The third kappa shape index (κ3) is 10.6. The Morgan fingerprint density at radius 3 is 1.67 bits per heavy atom. The fourth-order valence-corrected chi connectivity index (χ4v) is 5.69. The smallest absolute Gasteiger partial charge is 0.243 e. The van der Waals surface area contributed by atoms with Crippen LogP contribution < -0.4 is 21.3 Å². The number of hydrogen-bond acceptors (Lipinski definition) is 6. The molecule has 1 fully saturated rings. The molecule has 46 heavy (non-hydrogen) atoms. The highest BCUT2D eigenvalue weighted by Crippen LogP contribution is 2.30. The maximum atomic E-state index is 14.1. The fourth-order valence-electron chi connectivity index (χ4n) is 5.69. The van der Waals surface area contributed by atoms with Crippen LogP contribution in [0.3, 0.4) is 0 Å². The van der Waals surface area contributed by atoms with E-state index < -0.39 is 47.5 Å². The molecule has 0 aliphatic carbocycles. The molecule has 0 spiro atoms. The first-order valence-electron chi connectivity index (χ1n) is 16.4. The lowest BCUT2D eigenvalue weighted by Gasteiger charge is -2.28. The van der Waals surface area contributed by atoms with Crippen molar-refractivity contribution < 1.29 is 28.7 Å². The van der Waals surface area contributed by atoms with Gasteiger partial charge >= 0.3 is 0 Å². The van der Waals surface area contributed by atoms with Crippen molar-refractivity contribution in [1.82, 2.24) is 21.3 Å². The van der Waals surface area contributed by atoms with Gasteiger partial charge < -0.3 is 26.0 Å². The lowest BCUT2D eigenvalue weighted by atomic mass is 9.92. The molecule has 5 atom stereocenters. The van der Waals surface area contributed by atoms with Gasteiger partial charge in [-0.1, -0.05) is 84.0 Å². The maximum absolute atomic E-state index is 14.1. The molecule has 0 radical (unpaired) electrons. The summed E-state index contributed by atoms with van der Waals surface area (Å²) in [6, 6.07) is 10.0. The number of ketones is 1. The zero-order valence-corrected chi connectivity index (χ0v) is 28.6. The van der Waals surface area contributed by atoms with E-state index in [9.17, 15) is 24.0 Å². The van der Waals surface area contributed by atoms with Gasteiger partial charge in [0.25, 0.3) is 0 Å². The van der Waals surface area contributed by atoms with Crippen molar-refractivity contribution >= 4 is 40.2 Å². The third-order valence-corrected chi connectivity index (χ3v) is 8.12. The molecule has 0 aromatic heterocycles. The first-order chi connectivity index (χ1) is 21.6. The second-order valence-electron chi connectivity index (χ2n) is 14.1. The number of carbonyl (C=O) groups excluding carboxylic acids is 5. The Morgan fingerprint density at radius 1 is 0.674 bits per heavy atom. The average Bonchev–Trinajstić information content (AvgIpc) is 3.72. The summed E-state index contributed by atoms with van der Waals surface area (Å²) in [6.07, 6.45) is 1.31. The molecule has 0 bridgehead atoms. The molecule has 0 saturated carbocycles. The zero-order chi connectivity index (χ0) is 34.2. The third-order valence-electron chi connectivity index (χ3n) is 8.12. The molecular formula is C36H52N4O6. The summed E-state index contributed by atoms with van der Waals surface area (Å²) in [4.78, 5) is 66.5. The Hall–Kier alpha value is -3.79. The molecule has 1 aliphatic heterocycles. The van der Waals surface area contributed by atoms with Crippen molar-refractivity contribution in [1.29, 1.82) is 0 Å². The number of carbonyl (C=O) groups is 5. The molecule has 3 rings (SSSR count). The molecule has 4 amide bonds. The molecule has 1 unspecified atom stereocenters. The van der Waals surface area contributed by atoms with Gasteiger partial charge in [-0.25, -0.2) is 0 Å². The van der Waals surface area contributed by atoms with Crippen LogP contribution >= 0.6 is 0 Å². The lowest BCUT2D eigenvalue weighted by Crippen LogP contribution is -2.59. The number of epoxide rings is 1. The summed E-state index contributed by atoms with van der Waals surface area (Å²) in [5, 5.41) is 13.3. The number of hydrogen-bond donors (Lipinski definition) is 4. The number of benzene rings is 2. The summed E-state index contributed by atoms with van der Waals surface area (Å²) in [7, 11) is 0. The van der Waals surface area contributed by atoms with Crippen LogP contribution in [0.5, 0.6) is 0 Å². The second-order valence-corrected chi connectivity index (χ2v) is 14.1. The molecule has 10 heteroatoms. The normalized spacial score (nSPS) is 18.5. The lowest BCUT2D eigenvalue weighted by molar-refractivity contribution is -0.135. The summed E-state index contributed by atoms with van der Waals surface area (Å²) in [5.74, 6) is -1.71. The maximum Gasteiger partial charge on any atom is 0.243 e. The predicted molar refractivity (Wildman–Crippen MR) is 179 cm³/mol. The molecule has 2 aromatic carbocycles. The van der Waals surface area contributed by atoms with Gasteiger partial charge in [-0.3, -0.25) is 24.0 Å². The van der Waals surface area contributed by atoms with Crippen LogP contribution in [0.1, 0.15) is 80.2 Å². The van der Waals surface area contributed by atoms with Crippen molar-refractivity contribution in [3.05, 3.63) is 48.0 Å². The Balaban J connectivity index is 1.91. The minimum atomic E-state index is -1.05. The van der Waals surface area contributed by atoms with Crippen LogP contribution in [0, 0.1) is 17.8 Å². The van der Waals surface area contributed by atoms with Crippen LogP contribution in [0.25, 0.3) is 10.8 Å². The van der Waals surface area contributed by atoms with Crippen molar-refractivity contribution in [3.8, 4) is 0 Å². The Morgan fingerprint density at radius 2 is 1.13 bits per heavy atom.